The molecule has 1 saturated heterocycles. The Morgan fingerprint density at radius 3 is 1.15 bits per heavy atom. The van der Waals surface area contributed by atoms with Crippen LogP contribution >= 0.6 is 24.0 Å². The van der Waals surface area contributed by atoms with Gasteiger partial charge in [-0.15, -0.1) is 12.4 Å². The van der Waals surface area contributed by atoms with E-state index in [2.05, 4.69) is 143 Å². The molecular formula is C106H124BCl2N11O21S2. The Balaban J connectivity index is 0.000000156. The van der Waals surface area contributed by atoms with Gasteiger partial charge < -0.3 is 76.0 Å². The summed E-state index contributed by atoms with van der Waals surface area (Å²) in [6, 6.07) is 45.6. The second-order valence-electron chi connectivity index (χ2n) is 37.9. The standard InChI is InChI=1S/C26H30N2O4.C21H23N3O4S.C21H22N2O2.C20H30BNO4.C12H12ClNO2.C6H6N2O5S.ClH/c1-16-14-27-21-13-23(31-6)22(30-5)12-20(21)24(16)18-8-7-17-9-10-28(15-19(17)11-18)25(29)32-26(2,3)4;1-13-11-23-18-10-20(28-3)19(27-2)9-17(18)21(13)15-5-4-14-6-7-24(29(22,25)26)12-16(14)8-15;1-13-11-23-18-10-20(25-3)19(24-2)9-17(18)21(13)15-5-4-14-6-7-22-12-16(14)8-15;1-18(2,3)24-17(23)22-11-10-14-8-9-16(12-15(14)13-22)21-25-19(4,5)20(6,7)26-21;1-7-6-14-9-5-11(16-3)10(15-2)4-8(9)12(7)13;7-14(11,12)13-6-3-1-5(2-4-6)8(9)10;/h7-8,11-14H,9-10,15H2,1-6H3;4-5,8-11H,6-7,12H2,1-3H3,(H2,22,25,26);4-5,8-11,22H,6-7,12H2,1-3H3;8-9,12H,10-11,13H2,1-7H3;4-6H,1-3H3;1-4H,(H2,7,11,12);1H. The molecule has 18 rings (SSSR count). The van der Waals surface area contributed by atoms with Crippen molar-refractivity contribution >= 4 is 119 Å². The number of aromatic nitrogens is 4. The third kappa shape index (κ3) is 26.0. The van der Waals surface area contributed by atoms with Crippen molar-refractivity contribution in [2.24, 2.45) is 10.3 Å². The monoisotopic (exact) mass is 2030 g/mol. The molecule has 32 nitrogen and oxygen atoms in total. The lowest BCUT2D eigenvalue weighted by molar-refractivity contribution is -0.384. The van der Waals surface area contributed by atoms with Gasteiger partial charge in [0.15, 0.2) is 46.0 Å². The van der Waals surface area contributed by atoms with E-state index < -0.39 is 36.6 Å². The lowest BCUT2D eigenvalue weighted by Crippen LogP contribution is -2.41. The van der Waals surface area contributed by atoms with Gasteiger partial charge in [0.25, 0.3) is 15.9 Å². The number of nitrogens with zero attached hydrogens (tertiary/aromatic N) is 8. The molecule has 0 atom stereocenters. The van der Waals surface area contributed by atoms with Crippen LogP contribution in [0.5, 0.6) is 51.7 Å². The van der Waals surface area contributed by atoms with Gasteiger partial charge in [0.2, 0.25) is 0 Å². The molecule has 9 heterocycles. The maximum absolute atomic E-state index is 12.6. The van der Waals surface area contributed by atoms with Crippen molar-refractivity contribution in [3.63, 3.8) is 0 Å². The highest BCUT2D eigenvalue weighted by molar-refractivity contribution is 7.86. The van der Waals surface area contributed by atoms with E-state index in [9.17, 15) is 36.5 Å². The summed E-state index contributed by atoms with van der Waals surface area (Å²) < 4.78 is 117. The number of methoxy groups -OCH3 is 8. The van der Waals surface area contributed by atoms with Crippen LogP contribution in [0.4, 0.5) is 15.3 Å². The fraction of sp³-hybridized carbons (Fsp3) is 0.358. The molecule has 0 saturated carbocycles. The summed E-state index contributed by atoms with van der Waals surface area (Å²) in [7, 11) is 4.79. The molecule has 5 aliphatic rings. The minimum atomic E-state index is -4.08. The number of nitro benzene ring substituents is 1. The smallest absolute Gasteiger partial charge is 0.493 e. The molecule has 0 radical (unpaired) electrons. The van der Waals surface area contributed by atoms with Gasteiger partial charge in [-0.25, -0.2) is 14.7 Å². The molecule has 0 spiro atoms. The average molecular weight is 2030 g/mol. The van der Waals surface area contributed by atoms with E-state index in [1.54, 1.807) is 72.9 Å². The Morgan fingerprint density at radius 1 is 0.448 bits per heavy atom. The van der Waals surface area contributed by atoms with E-state index in [0.717, 1.165) is 178 Å². The lowest BCUT2D eigenvalue weighted by atomic mass is 9.77. The molecule has 5 N–H and O–H groups in total. The van der Waals surface area contributed by atoms with Crippen LogP contribution in [-0.4, -0.2) is 181 Å². The first-order valence-corrected chi connectivity index (χ1v) is 49.5. The van der Waals surface area contributed by atoms with Crippen LogP contribution in [0.25, 0.3) is 77.0 Å². The van der Waals surface area contributed by atoms with Gasteiger partial charge in [-0.3, -0.25) is 30.1 Å². The van der Waals surface area contributed by atoms with Crippen LogP contribution < -0.4 is 63.1 Å². The zero-order chi connectivity index (χ0) is 103. The fourth-order valence-electron chi connectivity index (χ4n) is 17.3. The van der Waals surface area contributed by atoms with E-state index in [0.29, 0.717) is 84.4 Å². The van der Waals surface area contributed by atoms with E-state index in [1.807, 2.05) is 129 Å². The molecule has 2 amide bonds. The first-order valence-electron chi connectivity index (χ1n) is 46.1. The summed E-state index contributed by atoms with van der Waals surface area (Å²) in [6.45, 7) is 32.7. The number of carbonyl (C=O) groups excluding carboxylic acids is 2. The van der Waals surface area contributed by atoms with Crippen LogP contribution in [-0.2, 0) is 91.2 Å². The number of hydrogen-bond acceptors (Lipinski definition) is 26. The number of benzene rings is 9. The molecule has 0 aliphatic carbocycles. The van der Waals surface area contributed by atoms with Crippen molar-refractivity contribution in [1.82, 2.24) is 39.4 Å². The summed E-state index contributed by atoms with van der Waals surface area (Å²) in [4.78, 5) is 56.2. The second-order valence-corrected chi connectivity index (χ2v) is 40.9. The van der Waals surface area contributed by atoms with Gasteiger partial charge in [0.05, 0.1) is 100 Å². The van der Waals surface area contributed by atoms with Gasteiger partial charge in [-0.2, -0.15) is 26.3 Å². The number of amides is 2. The van der Waals surface area contributed by atoms with Crippen LogP contribution in [0.15, 0.2) is 170 Å². The van der Waals surface area contributed by atoms with Crippen molar-refractivity contribution in [3.05, 3.63) is 252 Å². The first-order chi connectivity index (χ1) is 67.1. The zero-order valence-electron chi connectivity index (χ0n) is 84.6. The second kappa shape index (κ2) is 45.3. The number of aryl methyl sites for hydroxylation is 4. The number of nitro groups is 1. The predicted octanol–water partition coefficient (Wildman–Crippen LogP) is 19.3. The summed E-state index contributed by atoms with van der Waals surface area (Å²) in [5, 5.41) is 28.2. The molecule has 9 aromatic carbocycles. The van der Waals surface area contributed by atoms with Crippen molar-refractivity contribution in [2.45, 2.75) is 171 Å². The quantitative estimate of drug-likeness (QED) is 0.0459. The number of hydrogen-bond donors (Lipinski definition) is 3. The first kappa shape index (κ1) is 109. The topological polar surface area (TPSA) is 391 Å². The van der Waals surface area contributed by atoms with Crippen molar-refractivity contribution in [3.8, 4) is 85.1 Å². The number of pyridine rings is 4. The Kier molecular flexibility index (Phi) is 34.5. The van der Waals surface area contributed by atoms with Crippen molar-refractivity contribution in [1.29, 1.82) is 0 Å². The number of carbonyl (C=O) groups is 2. The zero-order valence-corrected chi connectivity index (χ0v) is 87.8. The molecule has 13 aromatic rings. The SMILES string of the molecule is CC(C)(C)OC(=O)N1CCc2ccc(B3OC(C)(C)C(C)(C)O3)cc2C1.COc1cc2ncc(C)c(-c3ccc4c(c3)CN(C(=O)OC(C)(C)C)CC4)c2cc1OC.COc1cc2ncc(C)c(-c3ccc4c(c3)CN(S(N)(=O)=O)CC4)c2cc1OC.COc1cc2ncc(C)c(-c3ccc4c(c3)CNCC4)c2cc1OC.COc1cc2ncc(C)c(Cl)c2cc1OC.Cl.NS(=O)(=O)Oc1ccc([N+](=O)[O-])cc1. The molecular weight excluding hydrogens is 1910 g/mol. The molecule has 4 aromatic heterocycles. The Morgan fingerprint density at radius 2 is 0.783 bits per heavy atom. The van der Waals surface area contributed by atoms with E-state index in [1.165, 1.54) is 37.7 Å². The molecule has 0 bridgehead atoms. The number of nitrogens with two attached hydrogens (primary N) is 2. The maximum atomic E-state index is 12.6. The third-order valence-electron chi connectivity index (χ3n) is 25.2. The number of nitrogens with one attached hydrogen (secondary N) is 1. The Bertz CT molecular complexity index is 7160. The predicted molar refractivity (Wildman–Crippen MR) is 559 cm³/mol. The minimum Gasteiger partial charge on any atom is -0.493 e. The molecule has 758 valence electrons. The van der Waals surface area contributed by atoms with E-state index in [-0.39, 0.29) is 60.9 Å². The van der Waals surface area contributed by atoms with Crippen LogP contribution in [0, 0.1) is 37.8 Å². The van der Waals surface area contributed by atoms with Gasteiger partial charge in [0, 0.05) is 129 Å². The highest BCUT2D eigenvalue weighted by Crippen LogP contribution is 2.45. The van der Waals surface area contributed by atoms with Crippen molar-refractivity contribution < 1.29 is 92.2 Å². The van der Waals surface area contributed by atoms with E-state index >= 15 is 0 Å². The molecule has 0 unspecified atom stereocenters. The van der Waals surface area contributed by atoms with Crippen LogP contribution in [0.1, 0.15) is 136 Å². The number of ether oxygens (including phenoxy) is 10. The number of non-ortho nitro benzene ring substituents is 1. The van der Waals surface area contributed by atoms with Crippen LogP contribution in [0.3, 0.4) is 0 Å². The van der Waals surface area contributed by atoms with Gasteiger partial charge in [0.1, 0.15) is 17.0 Å². The maximum Gasteiger partial charge on any atom is 0.494 e. The molecule has 1 fully saturated rings. The Hall–Kier alpha value is -12.9. The number of rotatable bonds is 16. The average Bonchev–Trinajstić information content (AvgIpc) is 1.66. The molecule has 143 heavy (non-hydrogen) atoms. The number of halogens is 2. The van der Waals surface area contributed by atoms with Crippen LogP contribution in [0.2, 0.25) is 5.02 Å². The summed E-state index contributed by atoms with van der Waals surface area (Å²) in [5.41, 5.74) is 23.1. The Labute approximate surface area is 846 Å². The third-order valence-corrected chi connectivity index (χ3v) is 27.2. The summed E-state index contributed by atoms with van der Waals surface area (Å²) in [5.74, 6) is 5.24. The largest absolute Gasteiger partial charge is 0.494 e. The normalized spacial score (nSPS) is 14.5. The highest BCUT2D eigenvalue weighted by atomic mass is 35.5. The van der Waals surface area contributed by atoms with E-state index in [4.69, 9.17) is 73.4 Å². The van der Waals surface area contributed by atoms with Gasteiger partial charge in [-0.1, -0.05) is 66.2 Å². The molecule has 5 aliphatic heterocycles. The molecule has 37 heteroatoms. The number of fused-ring (bicyclic) bond motifs is 8. The van der Waals surface area contributed by atoms with Gasteiger partial charge in [-0.05, 0) is 289 Å². The summed E-state index contributed by atoms with van der Waals surface area (Å²) >= 11 is 6.21. The van der Waals surface area contributed by atoms with Crippen molar-refractivity contribution in [2.75, 3.05) is 83.1 Å². The fourth-order valence-corrected chi connectivity index (χ4v) is 18.5. The van der Waals surface area contributed by atoms with Gasteiger partial charge >= 0.3 is 29.6 Å². The minimum absolute atomic E-state index is 0. The lowest BCUT2D eigenvalue weighted by Gasteiger charge is -2.32. The highest BCUT2D eigenvalue weighted by Gasteiger charge is 2.52. The summed E-state index contributed by atoms with van der Waals surface area (Å²) in [6.07, 6.45) is 10.3.